The Labute approximate surface area is 183 Å². The molecule has 1 aliphatic heterocycles. The SMILES string of the molecule is CN(C)[C@H](Cc1ccccc1)C(=O)N1CCC[C@H]1C(=O)N[C@H](C=O)CCCNC(=N)N. The number of nitrogens with two attached hydrogens (primary N) is 1. The van der Waals surface area contributed by atoms with Crippen LogP contribution in [0.2, 0.25) is 0 Å². The summed E-state index contributed by atoms with van der Waals surface area (Å²) in [6.07, 6.45) is 3.63. The average molecular weight is 431 g/mol. The zero-order chi connectivity index (χ0) is 22.8. The number of likely N-dealkylation sites (tertiary alicyclic amines) is 1. The Morgan fingerprint density at radius 3 is 2.65 bits per heavy atom. The number of rotatable bonds is 11. The van der Waals surface area contributed by atoms with Crippen LogP contribution in [0.15, 0.2) is 30.3 Å². The van der Waals surface area contributed by atoms with Crippen molar-refractivity contribution in [3.63, 3.8) is 0 Å². The highest BCUT2D eigenvalue weighted by Crippen LogP contribution is 2.21. The normalized spacial score (nSPS) is 17.8. The van der Waals surface area contributed by atoms with E-state index in [9.17, 15) is 14.4 Å². The summed E-state index contributed by atoms with van der Waals surface area (Å²) in [6, 6.07) is 8.26. The molecule has 5 N–H and O–H groups in total. The molecular weight excluding hydrogens is 396 g/mol. The van der Waals surface area contributed by atoms with Crippen molar-refractivity contribution in [3.05, 3.63) is 35.9 Å². The molecule has 170 valence electrons. The molecule has 2 rings (SSSR count). The lowest BCUT2D eigenvalue weighted by molar-refractivity contribution is -0.142. The molecule has 3 atom stereocenters. The number of nitrogens with one attached hydrogen (secondary N) is 3. The molecule has 1 aromatic carbocycles. The van der Waals surface area contributed by atoms with Gasteiger partial charge in [-0.1, -0.05) is 30.3 Å². The first-order valence-electron chi connectivity index (χ1n) is 10.7. The third kappa shape index (κ3) is 7.36. The van der Waals surface area contributed by atoms with Gasteiger partial charge in [-0.2, -0.15) is 0 Å². The van der Waals surface area contributed by atoms with E-state index < -0.39 is 12.1 Å². The molecule has 1 aromatic rings. The molecule has 9 heteroatoms. The van der Waals surface area contributed by atoms with E-state index in [4.69, 9.17) is 11.1 Å². The molecule has 9 nitrogen and oxygen atoms in total. The number of hydrogen-bond acceptors (Lipinski definition) is 5. The summed E-state index contributed by atoms with van der Waals surface area (Å²) in [5.74, 6) is -0.489. The second-order valence-electron chi connectivity index (χ2n) is 8.09. The van der Waals surface area contributed by atoms with Crippen LogP contribution >= 0.6 is 0 Å². The maximum absolute atomic E-state index is 13.3. The minimum absolute atomic E-state index is 0.0696. The number of carbonyl (C=O) groups is 3. The summed E-state index contributed by atoms with van der Waals surface area (Å²) < 4.78 is 0. The van der Waals surface area contributed by atoms with E-state index in [1.807, 2.05) is 49.3 Å². The number of likely N-dealkylation sites (N-methyl/N-ethyl adjacent to an activating group) is 1. The number of nitrogens with zero attached hydrogens (tertiary/aromatic N) is 2. The Bertz CT molecular complexity index is 755. The number of guanidine groups is 1. The Morgan fingerprint density at radius 1 is 1.32 bits per heavy atom. The Morgan fingerprint density at radius 2 is 2.03 bits per heavy atom. The lowest BCUT2D eigenvalue weighted by Crippen LogP contribution is -2.54. The molecular formula is C22H34N6O3. The van der Waals surface area contributed by atoms with Crippen molar-refractivity contribution in [2.45, 2.75) is 50.2 Å². The van der Waals surface area contributed by atoms with E-state index in [-0.39, 0.29) is 23.8 Å². The zero-order valence-electron chi connectivity index (χ0n) is 18.3. The largest absolute Gasteiger partial charge is 0.370 e. The van der Waals surface area contributed by atoms with Gasteiger partial charge in [-0.15, -0.1) is 0 Å². The van der Waals surface area contributed by atoms with Crippen molar-refractivity contribution < 1.29 is 14.4 Å². The van der Waals surface area contributed by atoms with Crippen LogP contribution < -0.4 is 16.4 Å². The summed E-state index contributed by atoms with van der Waals surface area (Å²) in [5.41, 5.74) is 6.30. The van der Waals surface area contributed by atoms with E-state index >= 15 is 0 Å². The minimum Gasteiger partial charge on any atom is -0.370 e. The molecule has 31 heavy (non-hydrogen) atoms. The van der Waals surface area contributed by atoms with Crippen LogP contribution in [-0.2, 0) is 20.8 Å². The summed E-state index contributed by atoms with van der Waals surface area (Å²) in [5, 5.41) is 12.6. The molecule has 0 radical (unpaired) electrons. The van der Waals surface area contributed by atoms with E-state index in [1.54, 1.807) is 4.90 Å². The summed E-state index contributed by atoms with van der Waals surface area (Å²) >= 11 is 0. The third-order valence-electron chi connectivity index (χ3n) is 5.52. The van der Waals surface area contributed by atoms with Gasteiger partial charge in [0.15, 0.2) is 5.96 Å². The van der Waals surface area contributed by atoms with E-state index in [0.717, 1.165) is 12.0 Å². The van der Waals surface area contributed by atoms with Gasteiger partial charge in [0.1, 0.15) is 12.3 Å². The number of amides is 2. The highest BCUT2D eigenvalue weighted by Gasteiger charge is 2.38. The third-order valence-corrected chi connectivity index (χ3v) is 5.52. The van der Waals surface area contributed by atoms with Crippen LogP contribution in [0.25, 0.3) is 0 Å². The Hall–Kier alpha value is -2.94. The number of carbonyl (C=O) groups excluding carboxylic acids is 3. The van der Waals surface area contributed by atoms with Crippen molar-refractivity contribution >= 4 is 24.1 Å². The van der Waals surface area contributed by atoms with E-state index in [0.29, 0.717) is 45.1 Å². The maximum atomic E-state index is 13.3. The van der Waals surface area contributed by atoms with Crippen LogP contribution in [0.4, 0.5) is 0 Å². The van der Waals surface area contributed by atoms with E-state index in [1.165, 1.54) is 0 Å². The Balaban J connectivity index is 1.99. The molecule has 2 amide bonds. The van der Waals surface area contributed by atoms with Crippen LogP contribution in [0.1, 0.15) is 31.2 Å². The fraction of sp³-hybridized carbons (Fsp3) is 0.545. The van der Waals surface area contributed by atoms with Crippen LogP contribution in [-0.4, -0.2) is 79.2 Å². The van der Waals surface area contributed by atoms with Crippen molar-refractivity contribution in [2.24, 2.45) is 5.73 Å². The Kier molecular flexibility index (Phi) is 9.45. The zero-order valence-corrected chi connectivity index (χ0v) is 18.3. The lowest BCUT2D eigenvalue weighted by atomic mass is 10.0. The van der Waals surface area contributed by atoms with E-state index in [2.05, 4.69) is 10.6 Å². The predicted octanol–water partition coefficient (Wildman–Crippen LogP) is 0.0973. The molecule has 0 aromatic heterocycles. The van der Waals surface area contributed by atoms with Crippen LogP contribution in [0.5, 0.6) is 0 Å². The second kappa shape index (κ2) is 12.0. The first-order valence-corrected chi connectivity index (χ1v) is 10.7. The molecule has 0 bridgehead atoms. The molecule has 1 aliphatic rings. The van der Waals surface area contributed by atoms with Crippen molar-refractivity contribution in [2.75, 3.05) is 27.2 Å². The fourth-order valence-electron chi connectivity index (χ4n) is 3.82. The van der Waals surface area contributed by atoms with Gasteiger partial charge in [0.05, 0.1) is 12.1 Å². The topological polar surface area (TPSA) is 132 Å². The maximum Gasteiger partial charge on any atom is 0.243 e. The minimum atomic E-state index is -0.632. The molecule has 0 saturated carbocycles. The highest BCUT2D eigenvalue weighted by atomic mass is 16.2. The summed E-state index contributed by atoms with van der Waals surface area (Å²) in [7, 11) is 3.74. The lowest BCUT2D eigenvalue weighted by Gasteiger charge is -2.32. The number of hydrogen-bond donors (Lipinski definition) is 4. The first kappa shape index (κ1) is 24.3. The van der Waals surface area contributed by atoms with Crippen LogP contribution in [0, 0.1) is 5.41 Å². The first-order chi connectivity index (χ1) is 14.8. The summed E-state index contributed by atoms with van der Waals surface area (Å²) in [6.45, 7) is 0.984. The number of aldehydes is 1. The molecule has 1 heterocycles. The molecule has 0 aliphatic carbocycles. The smallest absolute Gasteiger partial charge is 0.243 e. The quantitative estimate of drug-likeness (QED) is 0.170. The van der Waals surface area contributed by atoms with Gasteiger partial charge in [-0.25, -0.2) is 0 Å². The van der Waals surface area contributed by atoms with Crippen molar-refractivity contribution in [3.8, 4) is 0 Å². The molecule has 0 spiro atoms. The molecule has 1 saturated heterocycles. The fourth-order valence-corrected chi connectivity index (χ4v) is 3.82. The van der Waals surface area contributed by atoms with Gasteiger partial charge in [0.25, 0.3) is 0 Å². The summed E-state index contributed by atoms with van der Waals surface area (Å²) in [4.78, 5) is 41.2. The molecule has 0 unspecified atom stereocenters. The monoisotopic (exact) mass is 430 g/mol. The highest BCUT2D eigenvalue weighted by molar-refractivity contribution is 5.91. The number of benzene rings is 1. The van der Waals surface area contributed by atoms with Crippen molar-refractivity contribution in [1.82, 2.24) is 20.4 Å². The molecule has 1 fully saturated rings. The second-order valence-corrected chi connectivity index (χ2v) is 8.09. The van der Waals surface area contributed by atoms with Gasteiger partial charge in [-0.05, 0) is 51.8 Å². The van der Waals surface area contributed by atoms with Crippen molar-refractivity contribution in [1.29, 1.82) is 5.41 Å². The average Bonchev–Trinajstić information content (AvgIpc) is 3.24. The van der Waals surface area contributed by atoms with Crippen LogP contribution in [0.3, 0.4) is 0 Å². The van der Waals surface area contributed by atoms with Gasteiger partial charge in [-0.3, -0.25) is 19.9 Å². The van der Waals surface area contributed by atoms with Gasteiger partial charge >= 0.3 is 0 Å². The van der Waals surface area contributed by atoms with Gasteiger partial charge in [0.2, 0.25) is 11.8 Å². The standard InChI is InChI=1S/C22H34N6O3/c1-27(2)19(14-16-8-4-3-5-9-16)21(31)28-13-7-11-18(28)20(30)26-17(15-29)10-6-12-25-22(23)24/h3-5,8-9,15,17-19H,6-7,10-14H2,1-2H3,(H,26,30)(H4,23,24,25)/t17-,18-,19+/m0/s1. The predicted molar refractivity (Wildman–Crippen MR) is 120 cm³/mol. The van der Waals surface area contributed by atoms with Gasteiger partial charge in [0, 0.05) is 13.1 Å². The van der Waals surface area contributed by atoms with Gasteiger partial charge < -0.3 is 26.1 Å².